The number of amides is 1. The molecule has 1 saturated heterocycles. The van der Waals surface area contributed by atoms with Crippen LogP contribution in [0.4, 0.5) is 4.79 Å². The van der Waals surface area contributed by atoms with Crippen LogP contribution >= 0.6 is 0 Å². The van der Waals surface area contributed by atoms with Crippen LogP contribution < -0.4 is 5.32 Å². The van der Waals surface area contributed by atoms with Crippen LogP contribution in [0, 0.1) is 5.92 Å². The molecule has 5 nitrogen and oxygen atoms in total. The zero-order valence-electron chi connectivity index (χ0n) is 12.2. The number of ether oxygens (including phenoxy) is 2. The molecule has 116 valence electrons. The lowest BCUT2D eigenvalue weighted by atomic mass is 9.95. The Hall–Kier alpha value is -1.59. The number of aliphatic hydroxyl groups is 1. The van der Waals surface area contributed by atoms with Crippen LogP contribution in [0.5, 0.6) is 0 Å². The highest BCUT2D eigenvalue weighted by Gasteiger charge is 2.20. The Morgan fingerprint density at radius 1 is 1.43 bits per heavy atom. The number of alkyl carbamates (subject to hydrolysis) is 1. The number of carbonyl (C=O) groups excluding carboxylic acids is 1. The highest BCUT2D eigenvalue weighted by Crippen LogP contribution is 2.18. The Labute approximate surface area is 125 Å². The van der Waals surface area contributed by atoms with Gasteiger partial charge >= 0.3 is 6.09 Å². The number of carbonyl (C=O) groups is 1. The highest BCUT2D eigenvalue weighted by molar-refractivity contribution is 5.67. The van der Waals surface area contributed by atoms with E-state index in [1.807, 2.05) is 30.3 Å². The van der Waals surface area contributed by atoms with Crippen molar-refractivity contribution in [3.8, 4) is 0 Å². The second kappa shape index (κ2) is 8.64. The molecule has 2 rings (SSSR count). The van der Waals surface area contributed by atoms with Crippen LogP contribution in [-0.2, 0) is 16.1 Å². The van der Waals surface area contributed by atoms with Crippen molar-refractivity contribution >= 4 is 6.09 Å². The van der Waals surface area contributed by atoms with Crippen LogP contribution in [-0.4, -0.2) is 37.1 Å². The topological polar surface area (TPSA) is 67.8 Å². The molecular formula is C16H23NO4. The van der Waals surface area contributed by atoms with E-state index < -0.39 is 6.09 Å². The maximum Gasteiger partial charge on any atom is 0.407 e. The van der Waals surface area contributed by atoms with Gasteiger partial charge in [0.1, 0.15) is 6.61 Å². The van der Waals surface area contributed by atoms with Crippen molar-refractivity contribution in [2.75, 3.05) is 19.8 Å². The molecule has 0 saturated carbocycles. The summed E-state index contributed by atoms with van der Waals surface area (Å²) in [5.74, 6) is 0.394. The molecule has 5 heteroatoms. The number of rotatable bonds is 6. The number of aliphatic hydroxyl groups excluding tert-OH is 1. The van der Waals surface area contributed by atoms with E-state index in [-0.39, 0.29) is 19.3 Å². The lowest BCUT2D eigenvalue weighted by Crippen LogP contribution is -2.40. The van der Waals surface area contributed by atoms with Gasteiger partial charge in [0.2, 0.25) is 0 Å². The molecule has 0 aliphatic carbocycles. The van der Waals surface area contributed by atoms with Gasteiger partial charge < -0.3 is 19.9 Å². The standard InChI is InChI=1S/C16H23NO4/c18-10-15(9-14-7-4-8-20-11-14)17-16(19)21-12-13-5-2-1-3-6-13/h1-3,5-6,14-15,18H,4,7-12H2,(H,17,19)/t14-,15+/m1/s1. The molecule has 1 heterocycles. The molecular weight excluding hydrogens is 270 g/mol. The molecule has 1 aromatic carbocycles. The minimum atomic E-state index is -0.491. The highest BCUT2D eigenvalue weighted by atomic mass is 16.5. The average Bonchev–Trinajstić information content (AvgIpc) is 2.54. The van der Waals surface area contributed by atoms with Gasteiger partial charge in [-0.2, -0.15) is 0 Å². The van der Waals surface area contributed by atoms with E-state index in [0.29, 0.717) is 12.5 Å². The van der Waals surface area contributed by atoms with Gasteiger partial charge in [-0.3, -0.25) is 0 Å². The Morgan fingerprint density at radius 2 is 2.24 bits per heavy atom. The maximum absolute atomic E-state index is 11.8. The van der Waals surface area contributed by atoms with E-state index >= 15 is 0 Å². The second-order valence-corrected chi connectivity index (χ2v) is 5.40. The van der Waals surface area contributed by atoms with E-state index in [2.05, 4.69) is 5.32 Å². The molecule has 0 unspecified atom stereocenters. The molecule has 1 fully saturated rings. The molecule has 1 aliphatic heterocycles. The lowest BCUT2D eigenvalue weighted by Gasteiger charge is -2.26. The van der Waals surface area contributed by atoms with E-state index in [9.17, 15) is 9.90 Å². The summed E-state index contributed by atoms with van der Waals surface area (Å²) in [5.41, 5.74) is 0.939. The Kier molecular flexibility index (Phi) is 6.50. The molecule has 21 heavy (non-hydrogen) atoms. The van der Waals surface area contributed by atoms with Crippen molar-refractivity contribution in [3.63, 3.8) is 0 Å². The van der Waals surface area contributed by atoms with E-state index in [4.69, 9.17) is 9.47 Å². The Morgan fingerprint density at radius 3 is 2.90 bits per heavy atom. The first-order valence-electron chi connectivity index (χ1n) is 7.43. The van der Waals surface area contributed by atoms with Gasteiger partial charge in [-0.1, -0.05) is 30.3 Å². The Bertz CT molecular complexity index is 418. The summed E-state index contributed by atoms with van der Waals surface area (Å²) in [4.78, 5) is 11.8. The third kappa shape index (κ3) is 5.73. The molecule has 1 amide bonds. The van der Waals surface area contributed by atoms with Crippen molar-refractivity contribution in [1.82, 2.24) is 5.32 Å². The normalized spacial score (nSPS) is 19.8. The zero-order chi connectivity index (χ0) is 14.9. The van der Waals surface area contributed by atoms with Crippen LogP contribution in [0.3, 0.4) is 0 Å². The second-order valence-electron chi connectivity index (χ2n) is 5.40. The summed E-state index contributed by atoms with van der Waals surface area (Å²) >= 11 is 0. The first-order valence-corrected chi connectivity index (χ1v) is 7.43. The van der Waals surface area contributed by atoms with E-state index in [0.717, 1.165) is 31.4 Å². The van der Waals surface area contributed by atoms with Crippen LogP contribution in [0.2, 0.25) is 0 Å². The number of benzene rings is 1. The summed E-state index contributed by atoms with van der Waals surface area (Å²) in [7, 11) is 0. The van der Waals surface area contributed by atoms with Crippen molar-refractivity contribution in [2.45, 2.75) is 31.9 Å². The van der Waals surface area contributed by atoms with Gasteiger partial charge in [0.15, 0.2) is 0 Å². The summed E-state index contributed by atoms with van der Waals surface area (Å²) < 4.78 is 10.6. The van der Waals surface area contributed by atoms with Crippen LogP contribution in [0.25, 0.3) is 0 Å². The Balaban J connectivity index is 1.71. The van der Waals surface area contributed by atoms with Gasteiger partial charge in [0.05, 0.1) is 12.6 Å². The van der Waals surface area contributed by atoms with Crippen molar-refractivity contribution in [3.05, 3.63) is 35.9 Å². The average molecular weight is 293 g/mol. The molecule has 0 spiro atoms. The smallest absolute Gasteiger partial charge is 0.407 e. The largest absolute Gasteiger partial charge is 0.445 e. The fourth-order valence-corrected chi connectivity index (χ4v) is 2.51. The molecule has 1 aliphatic rings. The predicted molar refractivity (Wildman–Crippen MR) is 78.8 cm³/mol. The number of hydrogen-bond acceptors (Lipinski definition) is 4. The van der Waals surface area contributed by atoms with Gasteiger partial charge in [-0.25, -0.2) is 4.79 Å². The molecule has 0 radical (unpaired) electrons. The molecule has 2 atom stereocenters. The zero-order valence-corrected chi connectivity index (χ0v) is 12.2. The minimum absolute atomic E-state index is 0.0864. The van der Waals surface area contributed by atoms with Gasteiger partial charge in [-0.05, 0) is 30.7 Å². The summed E-state index contributed by atoms with van der Waals surface area (Å²) in [6.45, 7) is 1.67. The van der Waals surface area contributed by atoms with Gasteiger partial charge in [0, 0.05) is 13.2 Å². The minimum Gasteiger partial charge on any atom is -0.445 e. The third-order valence-corrected chi connectivity index (χ3v) is 3.63. The molecule has 2 N–H and O–H groups in total. The van der Waals surface area contributed by atoms with Crippen molar-refractivity contribution < 1.29 is 19.4 Å². The summed E-state index contributed by atoms with van der Waals surface area (Å²) in [6, 6.07) is 9.23. The maximum atomic E-state index is 11.8. The fraction of sp³-hybridized carbons (Fsp3) is 0.562. The summed E-state index contributed by atoms with van der Waals surface area (Å²) in [5, 5.41) is 12.1. The van der Waals surface area contributed by atoms with E-state index in [1.165, 1.54) is 0 Å². The first-order chi connectivity index (χ1) is 10.3. The van der Waals surface area contributed by atoms with Crippen molar-refractivity contribution in [1.29, 1.82) is 0 Å². The van der Waals surface area contributed by atoms with Crippen molar-refractivity contribution in [2.24, 2.45) is 5.92 Å². The van der Waals surface area contributed by atoms with Gasteiger partial charge in [0.25, 0.3) is 0 Å². The van der Waals surface area contributed by atoms with Gasteiger partial charge in [-0.15, -0.1) is 0 Å². The third-order valence-electron chi connectivity index (χ3n) is 3.63. The monoisotopic (exact) mass is 293 g/mol. The quantitative estimate of drug-likeness (QED) is 0.843. The fourth-order valence-electron chi connectivity index (χ4n) is 2.51. The summed E-state index contributed by atoms with van der Waals surface area (Å²) in [6.07, 6.45) is 2.35. The predicted octanol–water partition coefficient (Wildman–Crippen LogP) is 2.09. The number of nitrogens with one attached hydrogen (secondary N) is 1. The van der Waals surface area contributed by atoms with Crippen LogP contribution in [0.1, 0.15) is 24.8 Å². The molecule has 0 aromatic heterocycles. The molecule has 1 aromatic rings. The van der Waals surface area contributed by atoms with Crippen LogP contribution in [0.15, 0.2) is 30.3 Å². The number of hydrogen-bond donors (Lipinski definition) is 2. The first kappa shape index (κ1) is 15.8. The lowest BCUT2D eigenvalue weighted by molar-refractivity contribution is 0.0432. The molecule has 0 bridgehead atoms. The SMILES string of the molecule is O=C(N[C@H](CO)C[C@H]1CCCOC1)OCc1ccccc1. The van der Waals surface area contributed by atoms with E-state index in [1.54, 1.807) is 0 Å².